The minimum absolute atomic E-state index is 0.315. The highest BCUT2D eigenvalue weighted by atomic mass is 32.2. The molecule has 0 fully saturated rings. The maximum atomic E-state index is 13.0. The first-order valence-corrected chi connectivity index (χ1v) is 11.6. The summed E-state index contributed by atoms with van der Waals surface area (Å²) in [7, 11) is -2.18. The van der Waals surface area contributed by atoms with Crippen molar-refractivity contribution >= 4 is 32.4 Å². The Balaban J connectivity index is 1.82. The largest absolute Gasteiger partial charge is 0.497 e. The second-order valence-electron chi connectivity index (χ2n) is 7.08. The van der Waals surface area contributed by atoms with E-state index in [4.69, 9.17) is 4.74 Å². The first kappa shape index (κ1) is 21.6. The molecule has 0 aliphatic heterocycles. The molecule has 0 saturated carbocycles. The molecule has 0 aliphatic rings. The van der Waals surface area contributed by atoms with Gasteiger partial charge in [0.05, 0.1) is 19.1 Å². The lowest BCUT2D eigenvalue weighted by atomic mass is 10.1. The standard InChI is InChI=1S/C23H26N2O4S/c1-4-22(25(30(3,27)28)20-10-7-11-21(15-20)29-2)23(26)24-16-17-12-13-18-8-5-6-9-19(18)14-17/h5-15,22H,4,16H2,1-3H3,(H,24,26). The van der Waals surface area contributed by atoms with Crippen LogP contribution in [0.3, 0.4) is 0 Å². The van der Waals surface area contributed by atoms with Crippen molar-refractivity contribution in [3.63, 3.8) is 0 Å². The Morgan fingerprint density at radius 2 is 1.77 bits per heavy atom. The zero-order valence-corrected chi connectivity index (χ0v) is 18.1. The van der Waals surface area contributed by atoms with Gasteiger partial charge in [-0.2, -0.15) is 0 Å². The molecule has 3 aromatic rings. The topological polar surface area (TPSA) is 75.7 Å². The van der Waals surface area contributed by atoms with Gasteiger partial charge in [-0.1, -0.05) is 49.4 Å². The van der Waals surface area contributed by atoms with Gasteiger partial charge in [0.15, 0.2) is 0 Å². The molecule has 3 rings (SSSR count). The predicted octanol–water partition coefficient (Wildman–Crippen LogP) is 3.71. The number of hydrogen-bond acceptors (Lipinski definition) is 4. The SMILES string of the molecule is CCC(C(=O)NCc1ccc2ccccc2c1)N(c1cccc(OC)c1)S(C)(=O)=O. The third kappa shape index (κ3) is 4.91. The Labute approximate surface area is 177 Å². The highest BCUT2D eigenvalue weighted by Gasteiger charge is 2.31. The summed E-state index contributed by atoms with van der Waals surface area (Å²) in [5.74, 6) is 0.173. The highest BCUT2D eigenvalue weighted by molar-refractivity contribution is 7.92. The molecule has 7 heteroatoms. The zero-order valence-electron chi connectivity index (χ0n) is 17.3. The number of fused-ring (bicyclic) bond motifs is 1. The van der Waals surface area contributed by atoms with Crippen LogP contribution in [0.15, 0.2) is 66.7 Å². The fourth-order valence-electron chi connectivity index (χ4n) is 3.46. The summed E-state index contributed by atoms with van der Waals surface area (Å²) in [5.41, 5.74) is 1.34. The minimum Gasteiger partial charge on any atom is -0.497 e. The molecule has 0 spiro atoms. The molecule has 3 aromatic carbocycles. The highest BCUT2D eigenvalue weighted by Crippen LogP contribution is 2.26. The van der Waals surface area contributed by atoms with Gasteiger partial charge < -0.3 is 10.1 Å². The first-order valence-electron chi connectivity index (χ1n) is 9.72. The van der Waals surface area contributed by atoms with E-state index >= 15 is 0 Å². The van der Waals surface area contributed by atoms with Crippen LogP contribution in [-0.4, -0.2) is 33.7 Å². The molecule has 1 N–H and O–H groups in total. The summed E-state index contributed by atoms with van der Waals surface area (Å²) >= 11 is 0. The summed E-state index contributed by atoms with van der Waals surface area (Å²) in [4.78, 5) is 13.0. The summed E-state index contributed by atoms with van der Waals surface area (Å²) in [6.07, 6.45) is 1.43. The summed E-state index contributed by atoms with van der Waals surface area (Å²) < 4.78 is 31.5. The molecule has 158 valence electrons. The van der Waals surface area contributed by atoms with Crippen molar-refractivity contribution < 1.29 is 17.9 Å². The van der Waals surface area contributed by atoms with Crippen LogP contribution < -0.4 is 14.4 Å². The van der Waals surface area contributed by atoms with Crippen molar-refractivity contribution in [3.05, 3.63) is 72.3 Å². The van der Waals surface area contributed by atoms with E-state index in [1.165, 1.54) is 7.11 Å². The molecule has 6 nitrogen and oxygen atoms in total. The molecule has 1 amide bonds. The molecular formula is C23H26N2O4S. The molecule has 0 aromatic heterocycles. The summed E-state index contributed by atoms with van der Waals surface area (Å²) in [6, 6.07) is 19.8. The third-order valence-electron chi connectivity index (χ3n) is 4.92. The van der Waals surface area contributed by atoms with E-state index in [2.05, 4.69) is 5.32 Å². The lowest BCUT2D eigenvalue weighted by Gasteiger charge is -2.30. The number of rotatable bonds is 8. The van der Waals surface area contributed by atoms with Crippen molar-refractivity contribution in [2.45, 2.75) is 25.9 Å². The van der Waals surface area contributed by atoms with Crippen LogP contribution in [-0.2, 0) is 21.4 Å². The van der Waals surface area contributed by atoms with Gasteiger partial charge in [-0.25, -0.2) is 8.42 Å². The number of sulfonamides is 1. The van der Waals surface area contributed by atoms with Crippen LogP contribution in [0.5, 0.6) is 5.75 Å². The Kier molecular flexibility index (Phi) is 6.62. The van der Waals surface area contributed by atoms with Gasteiger partial charge in [0.25, 0.3) is 0 Å². The molecule has 30 heavy (non-hydrogen) atoms. The van der Waals surface area contributed by atoms with Crippen LogP contribution >= 0.6 is 0 Å². The lowest BCUT2D eigenvalue weighted by molar-refractivity contribution is -0.122. The number of hydrogen-bond donors (Lipinski definition) is 1. The first-order chi connectivity index (χ1) is 14.3. The zero-order chi connectivity index (χ0) is 21.7. The summed E-state index contributed by atoms with van der Waals surface area (Å²) in [6.45, 7) is 2.11. The van der Waals surface area contributed by atoms with Crippen LogP contribution in [0.4, 0.5) is 5.69 Å². The number of benzene rings is 3. The monoisotopic (exact) mass is 426 g/mol. The number of ether oxygens (including phenoxy) is 1. The number of methoxy groups -OCH3 is 1. The van der Waals surface area contributed by atoms with E-state index in [1.54, 1.807) is 31.2 Å². The second-order valence-corrected chi connectivity index (χ2v) is 8.94. The molecule has 0 heterocycles. The Morgan fingerprint density at radius 1 is 1.03 bits per heavy atom. The Bertz CT molecular complexity index is 1140. The second kappa shape index (κ2) is 9.17. The van der Waals surface area contributed by atoms with Gasteiger partial charge in [0.2, 0.25) is 15.9 Å². The minimum atomic E-state index is -3.69. The Morgan fingerprint density at radius 3 is 2.43 bits per heavy atom. The molecular weight excluding hydrogens is 400 g/mol. The number of carbonyl (C=O) groups is 1. The normalized spacial score (nSPS) is 12.4. The van der Waals surface area contributed by atoms with Crippen molar-refractivity contribution in [2.75, 3.05) is 17.7 Å². The van der Waals surface area contributed by atoms with Crippen molar-refractivity contribution in [2.24, 2.45) is 0 Å². The molecule has 0 aliphatic carbocycles. The van der Waals surface area contributed by atoms with Crippen LogP contribution in [0, 0.1) is 0 Å². The number of carbonyl (C=O) groups excluding carboxylic acids is 1. The fourth-order valence-corrected chi connectivity index (χ4v) is 4.67. The average molecular weight is 427 g/mol. The predicted molar refractivity (Wildman–Crippen MR) is 120 cm³/mol. The molecule has 0 saturated heterocycles. The van der Waals surface area contributed by atoms with E-state index in [9.17, 15) is 13.2 Å². The van der Waals surface area contributed by atoms with Crippen LogP contribution in [0.2, 0.25) is 0 Å². The van der Waals surface area contributed by atoms with E-state index in [1.807, 2.05) is 42.5 Å². The van der Waals surface area contributed by atoms with Crippen LogP contribution in [0.25, 0.3) is 10.8 Å². The molecule has 1 unspecified atom stereocenters. The van der Waals surface area contributed by atoms with Gasteiger partial charge in [0.1, 0.15) is 11.8 Å². The van der Waals surface area contributed by atoms with Gasteiger partial charge in [-0.15, -0.1) is 0 Å². The van der Waals surface area contributed by atoms with E-state index in [0.717, 1.165) is 26.9 Å². The molecule has 0 radical (unpaired) electrons. The Hall–Kier alpha value is -3.06. The summed E-state index contributed by atoms with van der Waals surface area (Å²) in [5, 5.41) is 5.10. The van der Waals surface area contributed by atoms with E-state index in [0.29, 0.717) is 24.4 Å². The van der Waals surface area contributed by atoms with Gasteiger partial charge in [-0.05, 0) is 41.0 Å². The van der Waals surface area contributed by atoms with Crippen molar-refractivity contribution in [3.8, 4) is 5.75 Å². The number of amides is 1. The maximum Gasteiger partial charge on any atom is 0.244 e. The van der Waals surface area contributed by atoms with E-state index < -0.39 is 16.1 Å². The van der Waals surface area contributed by atoms with E-state index in [-0.39, 0.29) is 5.91 Å². The maximum absolute atomic E-state index is 13.0. The van der Waals surface area contributed by atoms with Gasteiger partial charge in [0, 0.05) is 12.6 Å². The number of nitrogens with zero attached hydrogens (tertiary/aromatic N) is 1. The van der Waals surface area contributed by atoms with Gasteiger partial charge >= 0.3 is 0 Å². The smallest absolute Gasteiger partial charge is 0.244 e. The van der Waals surface area contributed by atoms with Crippen molar-refractivity contribution in [1.29, 1.82) is 0 Å². The number of nitrogens with one attached hydrogen (secondary N) is 1. The quantitative estimate of drug-likeness (QED) is 0.596. The van der Waals surface area contributed by atoms with Gasteiger partial charge in [-0.3, -0.25) is 9.10 Å². The molecule has 1 atom stereocenters. The lowest BCUT2D eigenvalue weighted by Crippen LogP contribution is -2.49. The van der Waals surface area contributed by atoms with Crippen molar-refractivity contribution in [1.82, 2.24) is 5.32 Å². The third-order valence-corrected chi connectivity index (χ3v) is 6.10. The molecule has 0 bridgehead atoms. The average Bonchev–Trinajstić information content (AvgIpc) is 2.74. The fraction of sp³-hybridized carbons (Fsp3) is 0.261. The van der Waals surface area contributed by atoms with Crippen LogP contribution in [0.1, 0.15) is 18.9 Å². The number of anilines is 1.